The van der Waals surface area contributed by atoms with E-state index in [1.165, 1.54) is 17.3 Å². The molecule has 2 aliphatic heterocycles. The summed E-state index contributed by atoms with van der Waals surface area (Å²) >= 11 is 5.67. The van der Waals surface area contributed by atoms with Gasteiger partial charge < -0.3 is 10.2 Å². The van der Waals surface area contributed by atoms with E-state index in [9.17, 15) is 9.90 Å². The minimum absolute atomic E-state index is 0.205. The summed E-state index contributed by atoms with van der Waals surface area (Å²) in [6.07, 6.45) is 2.49. The van der Waals surface area contributed by atoms with Gasteiger partial charge >= 0.3 is 5.97 Å². The number of fused-ring (bicyclic) bond motifs is 1. The number of aliphatic hydroxyl groups excluding tert-OH is 1. The number of carbonyl (C=O) groups is 1. The van der Waals surface area contributed by atoms with Crippen LogP contribution < -0.4 is 0 Å². The van der Waals surface area contributed by atoms with Gasteiger partial charge in [-0.3, -0.25) is 4.90 Å². The maximum absolute atomic E-state index is 10.7. The third-order valence-electron chi connectivity index (χ3n) is 1.90. The Morgan fingerprint density at radius 2 is 2.33 bits per heavy atom. The van der Waals surface area contributed by atoms with Crippen molar-refractivity contribution in [2.24, 2.45) is 9.98 Å². The lowest BCUT2D eigenvalue weighted by Crippen LogP contribution is -2.42. The molecule has 0 radical (unpaired) electrons. The molecule has 15 heavy (non-hydrogen) atoms. The van der Waals surface area contributed by atoms with Crippen molar-refractivity contribution in [3.63, 3.8) is 0 Å². The Morgan fingerprint density at radius 1 is 1.60 bits per heavy atom. The SMILES string of the molecule is O=C(O)C1=CN=C2N=CC(Cl)=CN2C1O. The average molecular weight is 228 g/mol. The Labute approximate surface area is 89.5 Å². The molecule has 2 heterocycles. The van der Waals surface area contributed by atoms with E-state index in [2.05, 4.69) is 9.98 Å². The number of rotatable bonds is 1. The van der Waals surface area contributed by atoms with Gasteiger partial charge in [-0.15, -0.1) is 0 Å². The molecular formula is C8H6ClN3O3. The van der Waals surface area contributed by atoms with Crippen molar-refractivity contribution in [1.82, 2.24) is 4.90 Å². The topological polar surface area (TPSA) is 85.5 Å². The quantitative estimate of drug-likeness (QED) is 0.666. The molecule has 0 aromatic carbocycles. The fourth-order valence-electron chi connectivity index (χ4n) is 1.20. The number of hydrogen-bond acceptors (Lipinski definition) is 5. The van der Waals surface area contributed by atoms with Crippen molar-refractivity contribution in [2.75, 3.05) is 0 Å². The van der Waals surface area contributed by atoms with Crippen molar-refractivity contribution >= 4 is 29.7 Å². The highest BCUT2D eigenvalue weighted by Gasteiger charge is 2.30. The van der Waals surface area contributed by atoms with Crippen molar-refractivity contribution in [2.45, 2.75) is 6.23 Å². The minimum atomic E-state index is -1.32. The van der Waals surface area contributed by atoms with Gasteiger partial charge in [-0.1, -0.05) is 11.6 Å². The molecular weight excluding hydrogens is 222 g/mol. The fourth-order valence-corrected chi connectivity index (χ4v) is 1.35. The van der Waals surface area contributed by atoms with Gasteiger partial charge in [0.2, 0.25) is 5.96 Å². The lowest BCUT2D eigenvalue weighted by Gasteiger charge is -2.29. The van der Waals surface area contributed by atoms with Crippen molar-refractivity contribution in [3.8, 4) is 0 Å². The predicted molar refractivity (Wildman–Crippen MR) is 53.4 cm³/mol. The highest BCUT2D eigenvalue weighted by Crippen LogP contribution is 2.20. The molecule has 0 aliphatic carbocycles. The van der Waals surface area contributed by atoms with Crippen LogP contribution in [-0.4, -0.2) is 39.5 Å². The molecule has 78 valence electrons. The monoisotopic (exact) mass is 227 g/mol. The number of aliphatic imine (C=N–C) groups is 2. The first kappa shape index (κ1) is 9.88. The van der Waals surface area contributed by atoms with Gasteiger partial charge in [0, 0.05) is 12.4 Å². The van der Waals surface area contributed by atoms with Crippen LogP contribution in [0.15, 0.2) is 33.0 Å². The first-order chi connectivity index (χ1) is 7.09. The summed E-state index contributed by atoms with van der Waals surface area (Å²) in [5.41, 5.74) is -0.225. The third-order valence-corrected chi connectivity index (χ3v) is 2.10. The van der Waals surface area contributed by atoms with Crippen molar-refractivity contribution in [1.29, 1.82) is 0 Å². The Hall–Kier alpha value is -1.66. The zero-order valence-electron chi connectivity index (χ0n) is 7.33. The first-order valence-electron chi connectivity index (χ1n) is 3.98. The van der Waals surface area contributed by atoms with Crippen LogP contribution >= 0.6 is 11.6 Å². The number of hydrogen-bond donors (Lipinski definition) is 2. The van der Waals surface area contributed by atoms with Gasteiger partial charge in [-0.05, 0) is 0 Å². The highest BCUT2D eigenvalue weighted by atomic mass is 35.5. The molecule has 0 spiro atoms. The average Bonchev–Trinajstić information content (AvgIpc) is 2.19. The van der Waals surface area contributed by atoms with Gasteiger partial charge in [0.05, 0.1) is 11.2 Å². The maximum Gasteiger partial charge on any atom is 0.337 e. The number of aliphatic carboxylic acids is 1. The molecule has 0 aromatic heterocycles. The zero-order chi connectivity index (χ0) is 11.0. The molecule has 2 rings (SSSR count). The van der Waals surface area contributed by atoms with E-state index in [0.717, 1.165) is 6.20 Å². The van der Waals surface area contributed by atoms with Crippen LogP contribution in [0.3, 0.4) is 0 Å². The number of allylic oxidation sites excluding steroid dienone is 1. The smallest absolute Gasteiger partial charge is 0.337 e. The van der Waals surface area contributed by atoms with Crippen LogP contribution in [0.2, 0.25) is 0 Å². The summed E-state index contributed by atoms with van der Waals surface area (Å²) < 4.78 is 0. The molecule has 1 unspecified atom stereocenters. The molecule has 0 aromatic rings. The van der Waals surface area contributed by atoms with Gasteiger partial charge in [0.1, 0.15) is 5.57 Å². The summed E-state index contributed by atoms with van der Waals surface area (Å²) in [5, 5.41) is 18.7. The van der Waals surface area contributed by atoms with Gasteiger partial charge in [0.15, 0.2) is 6.23 Å². The number of guanidine groups is 1. The molecule has 2 N–H and O–H groups in total. The molecule has 1 atom stereocenters. The van der Waals surface area contributed by atoms with Crippen LogP contribution in [0, 0.1) is 0 Å². The van der Waals surface area contributed by atoms with E-state index in [1.807, 2.05) is 0 Å². The summed E-state index contributed by atoms with van der Waals surface area (Å²) in [6.45, 7) is 0. The molecule has 0 saturated heterocycles. The first-order valence-corrected chi connectivity index (χ1v) is 4.36. The van der Waals surface area contributed by atoms with Gasteiger partial charge in [0.25, 0.3) is 0 Å². The van der Waals surface area contributed by atoms with E-state index >= 15 is 0 Å². The summed E-state index contributed by atoms with van der Waals surface area (Å²) in [4.78, 5) is 19.5. The van der Waals surface area contributed by atoms with Gasteiger partial charge in [-0.2, -0.15) is 0 Å². The third kappa shape index (κ3) is 1.64. The normalized spacial score (nSPS) is 24.0. The van der Waals surface area contributed by atoms with E-state index in [1.54, 1.807) is 0 Å². The Balaban J connectivity index is 2.40. The lowest BCUT2D eigenvalue weighted by atomic mass is 10.2. The lowest BCUT2D eigenvalue weighted by molar-refractivity contribution is -0.134. The highest BCUT2D eigenvalue weighted by molar-refractivity contribution is 6.40. The Bertz CT molecular complexity index is 438. The van der Waals surface area contributed by atoms with Crippen LogP contribution in [0.1, 0.15) is 0 Å². The van der Waals surface area contributed by atoms with E-state index < -0.39 is 12.2 Å². The van der Waals surface area contributed by atoms with Crippen molar-refractivity contribution < 1.29 is 15.0 Å². The Kier molecular flexibility index (Phi) is 2.29. The maximum atomic E-state index is 10.7. The standard InChI is InChI=1S/C8H6ClN3O3/c9-4-1-10-8-11-2-5(7(14)15)6(13)12(8)3-4/h1-3,6,13H,(H,14,15). The van der Waals surface area contributed by atoms with Crippen molar-refractivity contribution in [3.05, 3.63) is 23.0 Å². The number of halogens is 1. The van der Waals surface area contributed by atoms with E-state index in [4.69, 9.17) is 16.7 Å². The van der Waals surface area contributed by atoms with Crippen LogP contribution in [-0.2, 0) is 4.79 Å². The van der Waals surface area contributed by atoms with Crippen LogP contribution in [0.4, 0.5) is 0 Å². The largest absolute Gasteiger partial charge is 0.478 e. The minimum Gasteiger partial charge on any atom is -0.478 e. The Morgan fingerprint density at radius 3 is 3.00 bits per heavy atom. The molecule has 0 saturated carbocycles. The second-order valence-corrected chi connectivity index (χ2v) is 3.31. The molecule has 0 amide bonds. The predicted octanol–water partition coefficient (Wildman–Crippen LogP) is 0.110. The second-order valence-electron chi connectivity index (χ2n) is 2.87. The second kappa shape index (κ2) is 3.48. The number of nitrogens with zero attached hydrogens (tertiary/aromatic N) is 3. The molecule has 0 fully saturated rings. The zero-order valence-corrected chi connectivity index (χ0v) is 8.09. The van der Waals surface area contributed by atoms with Crippen LogP contribution in [0.25, 0.3) is 0 Å². The fraction of sp³-hybridized carbons (Fsp3) is 0.125. The molecule has 2 aliphatic rings. The summed E-state index contributed by atoms with van der Waals surface area (Å²) in [5.74, 6) is -1.03. The van der Waals surface area contributed by atoms with Gasteiger partial charge in [-0.25, -0.2) is 14.8 Å². The molecule has 7 heteroatoms. The molecule has 6 nitrogen and oxygen atoms in total. The number of carboxylic acid groups (broad SMARTS) is 1. The van der Waals surface area contributed by atoms with E-state index in [0.29, 0.717) is 5.03 Å². The molecule has 0 bridgehead atoms. The number of carboxylic acids is 1. The number of aliphatic hydroxyl groups is 1. The summed E-state index contributed by atoms with van der Waals surface area (Å²) in [6, 6.07) is 0. The summed E-state index contributed by atoms with van der Waals surface area (Å²) in [7, 11) is 0. The van der Waals surface area contributed by atoms with Crippen LogP contribution in [0.5, 0.6) is 0 Å². The van der Waals surface area contributed by atoms with E-state index in [-0.39, 0.29) is 11.5 Å².